The van der Waals surface area contributed by atoms with E-state index < -0.39 is 0 Å². The molecule has 1 aliphatic carbocycles. The molecule has 1 aromatic rings. The molecule has 2 fully saturated rings. The molecule has 0 radical (unpaired) electrons. The number of rotatable bonds is 4. The lowest BCUT2D eigenvalue weighted by molar-refractivity contribution is 0.175. The van der Waals surface area contributed by atoms with Crippen LogP contribution in [-0.4, -0.2) is 13.2 Å². The van der Waals surface area contributed by atoms with Crippen molar-refractivity contribution >= 4 is 0 Å². The second-order valence-electron chi connectivity index (χ2n) is 6.12. The standard InChI is InChI=1S/C16H22FNO/c1-16(8-3-9-18-16)13-6-7-15(14(17)10-13)19-11-12-4-2-5-12/h6-7,10,12,18H,2-5,8-9,11H2,1H3. The van der Waals surface area contributed by atoms with Gasteiger partial charge >= 0.3 is 0 Å². The fourth-order valence-corrected chi connectivity index (χ4v) is 2.97. The summed E-state index contributed by atoms with van der Waals surface area (Å²) in [4.78, 5) is 0. The molecule has 1 atom stereocenters. The molecule has 0 aromatic heterocycles. The second-order valence-corrected chi connectivity index (χ2v) is 6.12. The molecule has 3 heteroatoms. The fraction of sp³-hybridized carbons (Fsp3) is 0.625. The van der Waals surface area contributed by atoms with E-state index in [1.807, 2.05) is 6.07 Å². The minimum Gasteiger partial charge on any atom is -0.490 e. The predicted molar refractivity (Wildman–Crippen MR) is 73.8 cm³/mol. The largest absolute Gasteiger partial charge is 0.490 e. The lowest BCUT2D eigenvalue weighted by atomic mass is 9.86. The fourth-order valence-electron chi connectivity index (χ4n) is 2.97. The van der Waals surface area contributed by atoms with Gasteiger partial charge in [0.2, 0.25) is 0 Å². The maximum atomic E-state index is 14.1. The molecule has 1 aliphatic heterocycles. The minimum atomic E-state index is -0.230. The van der Waals surface area contributed by atoms with E-state index in [1.54, 1.807) is 12.1 Å². The number of hydrogen-bond donors (Lipinski definition) is 1. The van der Waals surface area contributed by atoms with Gasteiger partial charge in [0.15, 0.2) is 11.6 Å². The highest BCUT2D eigenvalue weighted by Crippen LogP contribution is 2.33. The minimum absolute atomic E-state index is 0.0760. The van der Waals surface area contributed by atoms with E-state index in [4.69, 9.17) is 4.74 Å². The topological polar surface area (TPSA) is 21.3 Å². The Kier molecular flexibility index (Phi) is 3.48. The highest BCUT2D eigenvalue weighted by molar-refractivity contribution is 5.33. The first-order valence-corrected chi connectivity index (χ1v) is 7.35. The van der Waals surface area contributed by atoms with Gasteiger partial charge in [-0.3, -0.25) is 0 Å². The van der Waals surface area contributed by atoms with Crippen LogP contribution in [0.4, 0.5) is 4.39 Å². The molecule has 2 nitrogen and oxygen atoms in total. The predicted octanol–water partition coefficient (Wildman–Crippen LogP) is 3.60. The monoisotopic (exact) mass is 263 g/mol. The molecule has 1 saturated carbocycles. The average Bonchev–Trinajstić information content (AvgIpc) is 2.77. The van der Waals surface area contributed by atoms with Gasteiger partial charge in [0.05, 0.1) is 6.61 Å². The van der Waals surface area contributed by atoms with E-state index in [1.165, 1.54) is 19.3 Å². The zero-order valence-electron chi connectivity index (χ0n) is 11.5. The van der Waals surface area contributed by atoms with Crippen molar-refractivity contribution in [1.82, 2.24) is 5.32 Å². The van der Waals surface area contributed by atoms with Gasteiger partial charge in [-0.2, -0.15) is 0 Å². The van der Waals surface area contributed by atoms with E-state index in [2.05, 4.69) is 12.2 Å². The molecule has 0 bridgehead atoms. The number of benzene rings is 1. The van der Waals surface area contributed by atoms with Crippen LogP contribution in [0.2, 0.25) is 0 Å². The summed E-state index contributed by atoms with van der Waals surface area (Å²) in [5, 5.41) is 3.46. The van der Waals surface area contributed by atoms with Crippen LogP contribution in [0.15, 0.2) is 18.2 Å². The molecule has 1 N–H and O–H groups in total. The van der Waals surface area contributed by atoms with Crippen LogP contribution in [0.25, 0.3) is 0 Å². The van der Waals surface area contributed by atoms with Gasteiger partial charge in [-0.05, 0) is 62.8 Å². The highest BCUT2D eigenvalue weighted by atomic mass is 19.1. The first-order valence-electron chi connectivity index (χ1n) is 7.35. The zero-order valence-corrected chi connectivity index (χ0v) is 11.5. The Morgan fingerprint density at radius 3 is 2.79 bits per heavy atom. The summed E-state index contributed by atoms with van der Waals surface area (Å²) in [6.07, 6.45) is 5.95. The van der Waals surface area contributed by atoms with Crippen LogP contribution in [0.1, 0.15) is 44.6 Å². The molecule has 1 heterocycles. The van der Waals surface area contributed by atoms with Gasteiger partial charge in [0.25, 0.3) is 0 Å². The Morgan fingerprint density at radius 2 is 2.21 bits per heavy atom. The zero-order chi connectivity index (χ0) is 13.3. The SMILES string of the molecule is CC1(c2ccc(OCC3CCC3)c(F)c2)CCCN1. The number of halogens is 1. The van der Waals surface area contributed by atoms with Crippen LogP contribution in [0, 0.1) is 11.7 Å². The summed E-state index contributed by atoms with van der Waals surface area (Å²) >= 11 is 0. The van der Waals surface area contributed by atoms with Crippen molar-refractivity contribution in [2.24, 2.45) is 5.92 Å². The van der Waals surface area contributed by atoms with Crippen LogP contribution in [0.3, 0.4) is 0 Å². The van der Waals surface area contributed by atoms with Gasteiger partial charge in [0, 0.05) is 5.54 Å². The molecule has 0 spiro atoms. The lowest BCUT2D eigenvalue weighted by Gasteiger charge is -2.27. The maximum Gasteiger partial charge on any atom is 0.165 e. The van der Waals surface area contributed by atoms with Crippen molar-refractivity contribution in [2.75, 3.05) is 13.2 Å². The maximum absolute atomic E-state index is 14.1. The first kappa shape index (κ1) is 12.9. The first-order chi connectivity index (χ1) is 9.17. The highest BCUT2D eigenvalue weighted by Gasteiger charge is 2.30. The summed E-state index contributed by atoms with van der Waals surface area (Å²) < 4.78 is 19.7. The Morgan fingerprint density at radius 1 is 1.37 bits per heavy atom. The molecule has 104 valence electrons. The molecule has 1 aromatic carbocycles. The summed E-state index contributed by atoms with van der Waals surface area (Å²) in [5.41, 5.74) is 0.950. The molecule has 19 heavy (non-hydrogen) atoms. The molecular formula is C16H22FNO. The molecule has 2 aliphatic rings. The molecule has 1 unspecified atom stereocenters. The summed E-state index contributed by atoms with van der Waals surface area (Å²) in [6, 6.07) is 5.42. The lowest BCUT2D eigenvalue weighted by Crippen LogP contribution is -2.33. The number of nitrogens with one attached hydrogen (secondary N) is 1. The van der Waals surface area contributed by atoms with Crippen molar-refractivity contribution in [3.05, 3.63) is 29.6 Å². The summed E-state index contributed by atoms with van der Waals surface area (Å²) in [6.45, 7) is 3.81. The van der Waals surface area contributed by atoms with Crippen LogP contribution >= 0.6 is 0 Å². The van der Waals surface area contributed by atoms with Gasteiger partial charge in [-0.25, -0.2) is 4.39 Å². The van der Waals surface area contributed by atoms with E-state index in [-0.39, 0.29) is 11.4 Å². The van der Waals surface area contributed by atoms with Crippen molar-refractivity contribution in [2.45, 2.75) is 44.6 Å². The van der Waals surface area contributed by atoms with E-state index in [0.29, 0.717) is 18.3 Å². The Labute approximate surface area is 114 Å². The van der Waals surface area contributed by atoms with Gasteiger partial charge < -0.3 is 10.1 Å². The average molecular weight is 263 g/mol. The van der Waals surface area contributed by atoms with Crippen LogP contribution < -0.4 is 10.1 Å². The van der Waals surface area contributed by atoms with Crippen molar-refractivity contribution in [1.29, 1.82) is 0 Å². The number of hydrogen-bond acceptors (Lipinski definition) is 2. The van der Waals surface area contributed by atoms with E-state index in [9.17, 15) is 4.39 Å². The summed E-state index contributed by atoms with van der Waals surface area (Å²) in [7, 11) is 0. The van der Waals surface area contributed by atoms with Crippen LogP contribution in [-0.2, 0) is 5.54 Å². The van der Waals surface area contributed by atoms with Gasteiger partial charge in [-0.15, -0.1) is 0 Å². The number of ether oxygens (including phenoxy) is 1. The Balaban J connectivity index is 1.69. The van der Waals surface area contributed by atoms with E-state index in [0.717, 1.165) is 24.9 Å². The van der Waals surface area contributed by atoms with Crippen molar-refractivity contribution in [3.63, 3.8) is 0 Å². The molecule has 0 amide bonds. The Bertz CT molecular complexity index is 450. The second kappa shape index (κ2) is 5.12. The molecule has 1 saturated heterocycles. The van der Waals surface area contributed by atoms with E-state index >= 15 is 0 Å². The van der Waals surface area contributed by atoms with Crippen molar-refractivity contribution < 1.29 is 9.13 Å². The Hall–Kier alpha value is -1.09. The van der Waals surface area contributed by atoms with Gasteiger partial charge in [-0.1, -0.05) is 12.5 Å². The van der Waals surface area contributed by atoms with Gasteiger partial charge in [0.1, 0.15) is 0 Å². The van der Waals surface area contributed by atoms with Crippen LogP contribution in [0.5, 0.6) is 5.75 Å². The third-order valence-corrected chi connectivity index (χ3v) is 4.64. The molecular weight excluding hydrogens is 241 g/mol. The van der Waals surface area contributed by atoms with Crippen molar-refractivity contribution in [3.8, 4) is 5.75 Å². The third kappa shape index (κ3) is 2.62. The quantitative estimate of drug-likeness (QED) is 0.896. The third-order valence-electron chi connectivity index (χ3n) is 4.64. The smallest absolute Gasteiger partial charge is 0.165 e. The normalized spacial score (nSPS) is 27.3. The summed E-state index contributed by atoms with van der Waals surface area (Å²) in [5.74, 6) is 0.803. The molecule has 3 rings (SSSR count).